The minimum atomic E-state index is 0.607. The Morgan fingerprint density at radius 1 is 1.10 bits per heavy atom. The highest BCUT2D eigenvalue weighted by molar-refractivity contribution is 6.31. The van der Waals surface area contributed by atoms with Crippen LogP contribution in [0.15, 0.2) is 48.5 Å². The lowest BCUT2D eigenvalue weighted by atomic mass is 9.99. The highest BCUT2D eigenvalue weighted by atomic mass is 35.5. The van der Waals surface area contributed by atoms with E-state index in [1.54, 1.807) is 0 Å². The van der Waals surface area contributed by atoms with E-state index in [-0.39, 0.29) is 0 Å². The first-order valence-corrected chi connectivity index (χ1v) is 7.94. The van der Waals surface area contributed by atoms with Crippen LogP contribution in [-0.2, 0) is 6.42 Å². The second-order valence-electron chi connectivity index (χ2n) is 5.62. The number of hydrogen-bond acceptors (Lipinski definition) is 2. The predicted molar refractivity (Wildman–Crippen MR) is 90.2 cm³/mol. The number of rotatable bonds is 4. The summed E-state index contributed by atoms with van der Waals surface area (Å²) >= 11 is 6.36. The smallest absolute Gasteiger partial charge is 0.0459 e. The van der Waals surface area contributed by atoms with E-state index < -0.39 is 0 Å². The summed E-state index contributed by atoms with van der Waals surface area (Å²) in [5.41, 5.74) is 9.62. The molecule has 2 nitrogen and oxygen atoms in total. The van der Waals surface area contributed by atoms with Gasteiger partial charge < -0.3 is 10.6 Å². The molecule has 0 aromatic heterocycles. The van der Waals surface area contributed by atoms with Crippen molar-refractivity contribution >= 4 is 17.3 Å². The standard InChI is InChI=1S/C18H21ClN2/c19-17-7-4-8-18(16(17)9-11-20)21-12-10-15(13-21)14-5-2-1-3-6-14/h1-8,15H,9-13,20H2. The van der Waals surface area contributed by atoms with Gasteiger partial charge in [-0.15, -0.1) is 0 Å². The summed E-state index contributed by atoms with van der Waals surface area (Å²) in [7, 11) is 0. The average molecular weight is 301 g/mol. The van der Waals surface area contributed by atoms with Gasteiger partial charge >= 0.3 is 0 Å². The van der Waals surface area contributed by atoms with Crippen molar-refractivity contribution in [3.8, 4) is 0 Å². The summed E-state index contributed by atoms with van der Waals surface area (Å²) in [6.07, 6.45) is 2.03. The Morgan fingerprint density at radius 2 is 1.90 bits per heavy atom. The van der Waals surface area contributed by atoms with Crippen molar-refractivity contribution in [2.24, 2.45) is 5.73 Å². The molecule has 3 rings (SSSR count). The van der Waals surface area contributed by atoms with Gasteiger partial charge in [0, 0.05) is 29.7 Å². The highest BCUT2D eigenvalue weighted by Crippen LogP contribution is 2.34. The summed E-state index contributed by atoms with van der Waals surface area (Å²) in [6, 6.07) is 16.9. The van der Waals surface area contributed by atoms with Crippen LogP contribution >= 0.6 is 11.6 Å². The minimum Gasteiger partial charge on any atom is -0.371 e. The van der Waals surface area contributed by atoms with Gasteiger partial charge in [-0.05, 0) is 42.6 Å². The number of benzene rings is 2. The van der Waals surface area contributed by atoms with Gasteiger partial charge in [0.15, 0.2) is 0 Å². The quantitative estimate of drug-likeness (QED) is 0.929. The second-order valence-corrected chi connectivity index (χ2v) is 6.03. The monoisotopic (exact) mass is 300 g/mol. The van der Waals surface area contributed by atoms with E-state index in [1.807, 2.05) is 12.1 Å². The Morgan fingerprint density at radius 3 is 2.67 bits per heavy atom. The Kier molecular flexibility index (Phi) is 4.47. The van der Waals surface area contributed by atoms with Gasteiger partial charge in [-0.25, -0.2) is 0 Å². The van der Waals surface area contributed by atoms with Crippen LogP contribution in [0.4, 0.5) is 5.69 Å². The normalized spacial score (nSPS) is 18.2. The molecular weight excluding hydrogens is 280 g/mol. The molecule has 1 aliphatic heterocycles. The summed E-state index contributed by atoms with van der Waals surface area (Å²) in [4.78, 5) is 2.45. The molecule has 1 atom stereocenters. The average Bonchev–Trinajstić information content (AvgIpc) is 3.00. The molecule has 0 bridgehead atoms. The van der Waals surface area contributed by atoms with Crippen molar-refractivity contribution in [2.45, 2.75) is 18.8 Å². The SMILES string of the molecule is NCCc1c(Cl)cccc1N1CCC(c2ccccc2)C1. The zero-order valence-corrected chi connectivity index (χ0v) is 12.9. The van der Waals surface area contributed by atoms with E-state index >= 15 is 0 Å². The van der Waals surface area contributed by atoms with E-state index in [2.05, 4.69) is 41.3 Å². The zero-order valence-electron chi connectivity index (χ0n) is 12.1. The van der Waals surface area contributed by atoms with E-state index in [1.165, 1.54) is 23.2 Å². The van der Waals surface area contributed by atoms with Crippen LogP contribution in [0, 0.1) is 0 Å². The number of nitrogens with zero attached hydrogens (tertiary/aromatic N) is 1. The maximum absolute atomic E-state index is 6.36. The molecule has 0 aliphatic carbocycles. The van der Waals surface area contributed by atoms with Crippen molar-refractivity contribution < 1.29 is 0 Å². The summed E-state index contributed by atoms with van der Waals surface area (Å²) < 4.78 is 0. The molecule has 2 N–H and O–H groups in total. The summed E-state index contributed by atoms with van der Waals surface area (Å²) in [5, 5.41) is 0.834. The van der Waals surface area contributed by atoms with Crippen LogP contribution in [-0.4, -0.2) is 19.6 Å². The fourth-order valence-electron chi connectivity index (χ4n) is 3.21. The zero-order chi connectivity index (χ0) is 14.7. The first-order chi connectivity index (χ1) is 10.3. The maximum Gasteiger partial charge on any atom is 0.0459 e. The van der Waals surface area contributed by atoms with Gasteiger partial charge in [-0.2, -0.15) is 0 Å². The van der Waals surface area contributed by atoms with Gasteiger partial charge in [0.05, 0.1) is 0 Å². The molecule has 2 aromatic carbocycles. The molecule has 1 unspecified atom stereocenters. The van der Waals surface area contributed by atoms with Crippen molar-refractivity contribution in [1.82, 2.24) is 0 Å². The Bertz CT molecular complexity index is 597. The van der Waals surface area contributed by atoms with Gasteiger partial charge in [0.2, 0.25) is 0 Å². The van der Waals surface area contributed by atoms with E-state index in [9.17, 15) is 0 Å². The number of anilines is 1. The van der Waals surface area contributed by atoms with Crippen LogP contribution in [0.25, 0.3) is 0 Å². The molecule has 1 fully saturated rings. The van der Waals surface area contributed by atoms with Crippen molar-refractivity contribution in [3.05, 3.63) is 64.7 Å². The maximum atomic E-state index is 6.36. The Hall–Kier alpha value is -1.51. The molecule has 1 aliphatic rings. The molecule has 110 valence electrons. The van der Waals surface area contributed by atoms with Crippen LogP contribution in [0.1, 0.15) is 23.5 Å². The number of nitrogens with two attached hydrogens (primary N) is 1. The van der Waals surface area contributed by atoms with Gasteiger partial charge in [0.25, 0.3) is 0 Å². The third-order valence-corrected chi connectivity index (χ3v) is 4.64. The van der Waals surface area contributed by atoms with Crippen LogP contribution in [0.3, 0.4) is 0 Å². The van der Waals surface area contributed by atoms with E-state index in [0.717, 1.165) is 24.5 Å². The lowest BCUT2D eigenvalue weighted by molar-refractivity contribution is 0.774. The van der Waals surface area contributed by atoms with Gasteiger partial charge in [-0.1, -0.05) is 48.0 Å². The van der Waals surface area contributed by atoms with E-state index in [4.69, 9.17) is 17.3 Å². The molecular formula is C18H21ClN2. The summed E-state index contributed by atoms with van der Waals surface area (Å²) in [5.74, 6) is 0.607. The summed E-state index contributed by atoms with van der Waals surface area (Å²) in [6.45, 7) is 2.77. The van der Waals surface area contributed by atoms with Gasteiger partial charge in [-0.3, -0.25) is 0 Å². The lowest BCUT2D eigenvalue weighted by Crippen LogP contribution is -2.21. The minimum absolute atomic E-state index is 0.607. The third kappa shape index (κ3) is 3.07. The third-order valence-electron chi connectivity index (χ3n) is 4.29. The number of halogens is 1. The molecule has 0 spiro atoms. The lowest BCUT2D eigenvalue weighted by Gasteiger charge is -2.23. The predicted octanol–water partition coefficient (Wildman–Crippen LogP) is 3.84. The van der Waals surface area contributed by atoms with Crippen LogP contribution in [0.5, 0.6) is 0 Å². The van der Waals surface area contributed by atoms with Gasteiger partial charge in [0.1, 0.15) is 0 Å². The first kappa shape index (κ1) is 14.4. The molecule has 3 heteroatoms. The van der Waals surface area contributed by atoms with Crippen LogP contribution < -0.4 is 10.6 Å². The largest absolute Gasteiger partial charge is 0.371 e. The van der Waals surface area contributed by atoms with E-state index in [0.29, 0.717) is 12.5 Å². The molecule has 0 saturated carbocycles. The molecule has 1 heterocycles. The molecule has 1 saturated heterocycles. The topological polar surface area (TPSA) is 29.3 Å². The molecule has 2 aromatic rings. The van der Waals surface area contributed by atoms with Crippen molar-refractivity contribution in [3.63, 3.8) is 0 Å². The van der Waals surface area contributed by atoms with Crippen LogP contribution in [0.2, 0.25) is 5.02 Å². The second kappa shape index (κ2) is 6.50. The fourth-order valence-corrected chi connectivity index (χ4v) is 3.48. The Balaban J connectivity index is 1.82. The first-order valence-electron chi connectivity index (χ1n) is 7.57. The molecule has 0 radical (unpaired) electrons. The van der Waals surface area contributed by atoms with Crippen molar-refractivity contribution in [1.29, 1.82) is 0 Å². The highest BCUT2D eigenvalue weighted by Gasteiger charge is 2.25. The molecule has 0 amide bonds. The Labute approximate surface area is 131 Å². The number of hydrogen-bond donors (Lipinski definition) is 1. The fraction of sp³-hybridized carbons (Fsp3) is 0.333. The van der Waals surface area contributed by atoms with Crippen molar-refractivity contribution in [2.75, 3.05) is 24.5 Å². The molecule has 21 heavy (non-hydrogen) atoms.